The molecule has 1 heterocycles. The number of carbonyl (C=O) groups is 3. The highest BCUT2D eigenvalue weighted by molar-refractivity contribution is 6.11. The number of rotatable bonds is 1. The van der Waals surface area contributed by atoms with Crippen molar-refractivity contribution in [2.24, 2.45) is 0 Å². The van der Waals surface area contributed by atoms with Crippen LogP contribution in [0.3, 0.4) is 0 Å². The quantitative estimate of drug-likeness (QED) is 0.798. The maximum absolute atomic E-state index is 13.8. The molecule has 6 heteroatoms. The largest absolute Gasteiger partial charge is 0.320 e. The lowest BCUT2D eigenvalue weighted by atomic mass is 10.0. The van der Waals surface area contributed by atoms with E-state index in [9.17, 15) is 18.8 Å². The molecule has 1 fully saturated rings. The number of hydrogen-bond donors (Lipinski definition) is 1. The lowest BCUT2D eigenvalue weighted by molar-refractivity contribution is -0.135. The van der Waals surface area contributed by atoms with Gasteiger partial charge in [-0.3, -0.25) is 19.7 Å². The van der Waals surface area contributed by atoms with Gasteiger partial charge in [-0.25, -0.2) is 4.39 Å². The van der Waals surface area contributed by atoms with Crippen LogP contribution in [0.4, 0.5) is 4.39 Å². The molecule has 1 N–H and O–H groups in total. The van der Waals surface area contributed by atoms with Crippen LogP contribution in [-0.4, -0.2) is 35.7 Å². The second-order valence-corrected chi connectivity index (χ2v) is 4.77. The Hall–Kier alpha value is -2.76. The molecule has 106 valence electrons. The van der Waals surface area contributed by atoms with E-state index in [1.807, 2.05) is 0 Å². The maximum atomic E-state index is 13.8. The fourth-order valence-electron chi connectivity index (χ4n) is 2.40. The molecule has 2 aromatic carbocycles. The summed E-state index contributed by atoms with van der Waals surface area (Å²) in [5.74, 6) is -1.93. The summed E-state index contributed by atoms with van der Waals surface area (Å²) in [6.07, 6.45) is 0. The van der Waals surface area contributed by atoms with Gasteiger partial charge in [-0.15, -0.1) is 0 Å². The molecule has 0 aliphatic carbocycles. The Morgan fingerprint density at radius 2 is 1.62 bits per heavy atom. The Balaban J connectivity index is 2.04. The molecular weight excluding hydrogens is 275 g/mol. The van der Waals surface area contributed by atoms with Crippen molar-refractivity contribution >= 4 is 28.5 Å². The normalized spacial score (nSPS) is 15.2. The molecule has 3 amide bonds. The topological polar surface area (TPSA) is 66.5 Å². The molecule has 5 nitrogen and oxygen atoms in total. The van der Waals surface area contributed by atoms with Gasteiger partial charge in [0.1, 0.15) is 18.9 Å². The average Bonchev–Trinajstić information content (AvgIpc) is 2.46. The van der Waals surface area contributed by atoms with Crippen LogP contribution in [0, 0.1) is 5.82 Å². The number of nitrogens with zero attached hydrogens (tertiary/aromatic N) is 1. The summed E-state index contributed by atoms with van der Waals surface area (Å²) in [5, 5.41) is 2.92. The summed E-state index contributed by atoms with van der Waals surface area (Å²) in [6, 6.07) is 9.18. The fourth-order valence-corrected chi connectivity index (χ4v) is 2.40. The Kier molecular flexibility index (Phi) is 3.13. The minimum Gasteiger partial charge on any atom is -0.320 e. The number of fused-ring (bicyclic) bond motifs is 1. The standard InChI is InChI=1S/C15H11FN2O3/c16-12-6-5-11(9-3-1-2-4-10(9)12)15(21)18-7-13(19)17-14(20)8-18/h1-6H,7-8H2,(H,17,19,20). The van der Waals surface area contributed by atoms with Crippen LogP contribution < -0.4 is 5.32 Å². The number of amides is 3. The Morgan fingerprint density at radius 1 is 1.00 bits per heavy atom. The zero-order valence-corrected chi connectivity index (χ0v) is 10.9. The van der Waals surface area contributed by atoms with Crippen molar-refractivity contribution in [2.45, 2.75) is 0 Å². The van der Waals surface area contributed by atoms with E-state index in [2.05, 4.69) is 5.32 Å². The van der Waals surface area contributed by atoms with Gasteiger partial charge in [-0.05, 0) is 17.5 Å². The minimum absolute atomic E-state index is 0.184. The third-order valence-electron chi connectivity index (χ3n) is 3.34. The van der Waals surface area contributed by atoms with Crippen LogP contribution in [0.25, 0.3) is 10.8 Å². The summed E-state index contributed by atoms with van der Waals surface area (Å²) in [4.78, 5) is 36.3. The second kappa shape index (κ2) is 4.97. The van der Waals surface area contributed by atoms with Crippen molar-refractivity contribution in [3.63, 3.8) is 0 Å². The molecule has 3 rings (SSSR count). The lowest BCUT2D eigenvalue weighted by Gasteiger charge is -2.25. The summed E-state index contributed by atoms with van der Waals surface area (Å²) < 4.78 is 13.8. The predicted octanol–water partition coefficient (Wildman–Crippen LogP) is 1.08. The smallest absolute Gasteiger partial charge is 0.255 e. The predicted molar refractivity (Wildman–Crippen MR) is 73.0 cm³/mol. The van der Waals surface area contributed by atoms with Gasteiger partial charge >= 0.3 is 0 Å². The van der Waals surface area contributed by atoms with Crippen molar-refractivity contribution in [3.05, 3.63) is 47.8 Å². The number of benzene rings is 2. The fraction of sp³-hybridized carbons (Fsp3) is 0.133. The van der Waals surface area contributed by atoms with Crippen LogP contribution in [0.1, 0.15) is 10.4 Å². The molecule has 0 bridgehead atoms. The summed E-state index contributed by atoms with van der Waals surface area (Å²) in [6.45, 7) is -0.368. The molecule has 0 spiro atoms. The van der Waals surface area contributed by atoms with E-state index in [1.165, 1.54) is 12.1 Å². The number of carbonyl (C=O) groups excluding carboxylic acids is 3. The first-order valence-corrected chi connectivity index (χ1v) is 6.35. The Labute approximate surface area is 119 Å². The Bertz CT molecular complexity index is 757. The highest BCUT2D eigenvalue weighted by atomic mass is 19.1. The second-order valence-electron chi connectivity index (χ2n) is 4.77. The Morgan fingerprint density at radius 3 is 2.29 bits per heavy atom. The van der Waals surface area contributed by atoms with E-state index in [0.717, 1.165) is 4.90 Å². The first-order valence-electron chi connectivity index (χ1n) is 6.35. The number of halogens is 1. The first-order chi connectivity index (χ1) is 10.1. The van der Waals surface area contributed by atoms with Crippen molar-refractivity contribution in [2.75, 3.05) is 13.1 Å². The zero-order valence-electron chi connectivity index (χ0n) is 10.9. The molecule has 1 aliphatic heterocycles. The molecule has 0 aromatic heterocycles. The van der Waals surface area contributed by atoms with Crippen LogP contribution >= 0.6 is 0 Å². The van der Waals surface area contributed by atoms with Gasteiger partial charge in [0, 0.05) is 10.9 Å². The number of piperazine rings is 1. The molecule has 2 aromatic rings. The lowest BCUT2D eigenvalue weighted by Crippen LogP contribution is -2.53. The van der Waals surface area contributed by atoms with Gasteiger partial charge in [0.2, 0.25) is 11.8 Å². The molecule has 0 atom stereocenters. The van der Waals surface area contributed by atoms with Gasteiger partial charge < -0.3 is 4.90 Å². The zero-order chi connectivity index (χ0) is 15.0. The van der Waals surface area contributed by atoms with E-state index >= 15 is 0 Å². The van der Waals surface area contributed by atoms with E-state index < -0.39 is 23.5 Å². The number of hydrogen-bond acceptors (Lipinski definition) is 3. The first kappa shape index (κ1) is 13.2. The molecule has 0 unspecified atom stereocenters. The van der Waals surface area contributed by atoms with E-state index in [4.69, 9.17) is 0 Å². The molecule has 0 saturated carbocycles. The van der Waals surface area contributed by atoms with Crippen molar-refractivity contribution in [1.29, 1.82) is 0 Å². The van der Waals surface area contributed by atoms with Gasteiger partial charge in [0.05, 0.1) is 0 Å². The number of imide groups is 1. The van der Waals surface area contributed by atoms with Crippen molar-refractivity contribution in [1.82, 2.24) is 10.2 Å². The molecular formula is C15H11FN2O3. The third kappa shape index (κ3) is 2.35. The van der Waals surface area contributed by atoms with Crippen LogP contribution in [0.2, 0.25) is 0 Å². The average molecular weight is 286 g/mol. The van der Waals surface area contributed by atoms with E-state index in [0.29, 0.717) is 10.8 Å². The van der Waals surface area contributed by atoms with Gasteiger partial charge in [0.15, 0.2) is 0 Å². The molecule has 1 saturated heterocycles. The SMILES string of the molecule is O=C1CN(C(=O)c2ccc(F)c3ccccc23)CC(=O)N1. The third-order valence-corrected chi connectivity index (χ3v) is 3.34. The van der Waals surface area contributed by atoms with Crippen LogP contribution in [0.15, 0.2) is 36.4 Å². The van der Waals surface area contributed by atoms with Crippen molar-refractivity contribution in [3.8, 4) is 0 Å². The number of nitrogens with one attached hydrogen (secondary N) is 1. The highest BCUT2D eigenvalue weighted by Gasteiger charge is 2.28. The summed E-state index contributed by atoms with van der Waals surface area (Å²) in [7, 11) is 0. The highest BCUT2D eigenvalue weighted by Crippen LogP contribution is 2.23. The van der Waals surface area contributed by atoms with E-state index in [-0.39, 0.29) is 18.7 Å². The molecule has 21 heavy (non-hydrogen) atoms. The minimum atomic E-state index is -0.522. The molecule has 0 radical (unpaired) electrons. The summed E-state index contributed by atoms with van der Waals surface area (Å²) >= 11 is 0. The summed E-state index contributed by atoms with van der Waals surface area (Å²) in [5.41, 5.74) is 0.273. The van der Waals surface area contributed by atoms with Crippen LogP contribution in [-0.2, 0) is 9.59 Å². The van der Waals surface area contributed by atoms with Gasteiger partial charge in [0.25, 0.3) is 5.91 Å². The van der Waals surface area contributed by atoms with Crippen LogP contribution in [0.5, 0.6) is 0 Å². The molecule has 1 aliphatic rings. The van der Waals surface area contributed by atoms with Crippen molar-refractivity contribution < 1.29 is 18.8 Å². The van der Waals surface area contributed by atoms with E-state index in [1.54, 1.807) is 24.3 Å². The maximum Gasteiger partial charge on any atom is 0.255 e. The monoisotopic (exact) mass is 286 g/mol. The van der Waals surface area contributed by atoms with Gasteiger partial charge in [-0.1, -0.05) is 24.3 Å². The van der Waals surface area contributed by atoms with Gasteiger partial charge in [-0.2, -0.15) is 0 Å².